The number of rotatable bonds is 6. The molecule has 2 heterocycles. The third-order valence-corrected chi connectivity index (χ3v) is 4.69. The van der Waals surface area contributed by atoms with E-state index in [0.717, 1.165) is 17.8 Å². The second-order valence-corrected chi connectivity index (χ2v) is 6.48. The molecule has 0 spiro atoms. The number of aromatic nitrogens is 2. The zero-order valence-electron chi connectivity index (χ0n) is 15.4. The van der Waals surface area contributed by atoms with E-state index in [4.69, 9.17) is 0 Å². The molecule has 0 radical (unpaired) electrons. The molecule has 8 heteroatoms. The van der Waals surface area contributed by atoms with Crippen LogP contribution in [-0.2, 0) is 11.2 Å². The van der Waals surface area contributed by atoms with Gasteiger partial charge in [0.1, 0.15) is 11.5 Å². The second kappa shape index (κ2) is 8.66. The highest BCUT2D eigenvalue weighted by Crippen LogP contribution is 2.17. The maximum absolute atomic E-state index is 13.0. The van der Waals surface area contributed by atoms with Gasteiger partial charge in [0, 0.05) is 50.5 Å². The number of piperazine rings is 1. The second-order valence-electron chi connectivity index (χ2n) is 6.48. The highest BCUT2D eigenvalue weighted by Gasteiger charge is 2.21. The summed E-state index contributed by atoms with van der Waals surface area (Å²) in [6, 6.07) is 8.10. The van der Waals surface area contributed by atoms with Crippen molar-refractivity contribution in [2.24, 2.45) is 0 Å². The Balaban J connectivity index is 1.40. The summed E-state index contributed by atoms with van der Waals surface area (Å²) in [5.74, 6) is -0.513. The van der Waals surface area contributed by atoms with Crippen LogP contribution in [0.1, 0.15) is 29.5 Å². The number of hydrogen-bond donors (Lipinski definition) is 2. The first kappa shape index (κ1) is 18.9. The Kier molecular flexibility index (Phi) is 6.05. The van der Waals surface area contributed by atoms with E-state index in [1.165, 1.54) is 12.1 Å². The molecule has 0 saturated carbocycles. The Hall–Kier alpha value is -2.90. The molecule has 3 rings (SSSR count). The summed E-state index contributed by atoms with van der Waals surface area (Å²) in [5, 5.41) is 9.48. The van der Waals surface area contributed by atoms with Crippen LogP contribution in [0.2, 0.25) is 0 Å². The molecule has 7 nitrogen and oxygen atoms in total. The first-order valence-corrected chi connectivity index (χ1v) is 9.17. The number of nitrogens with zero attached hydrogens (tertiary/aromatic N) is 3. The molecule has 2 aromatic rings. The number of benzene rings is 1. The Bertz CT molecular complexity index is 782. The summed E-state index contributed by atoms with van der Waals surface area (Å²) in [5.41, 5.74) is 2.20. The van der Waals surface area contributed by atoms with Crippen molar-refractivity contribution in [2.75, 3.05) is 37.6 Å². The van der Waals surface area contributed by atoms with E-state index in [1.807, 2.05) is 6.92 Å². The van der Waals surface area contributed by atoms with Gasteiger partial charge in [0.15, 0.2) is 0 Å². The first-order chi connectivity index (χ1) is 13.1. The summed E-state index contributed by atoms with van der Waals surface area (Å²) in [4.78, 5) is 28.3. The van der Waals surface area contributed by atoms with Crippen LogP contribution in [0.4, 0.5) is 10.1 Å². The largest absolute Gasteiger partial charge is 0.368 e. The molecule has 1 aromatic heterocycles. The molecule has 1 saturated heterocycles. The number of carbonyl (C=O) groups excluding carboxylic acids is 2. The minimum absolute atomic E-state index is 0.0188. The van der Waals surface area contributed by atoms with Gasteiger partial charge in [-0.15, -0.1) is 0 Å². The fourth-order valence-corrected chi connectivity index (χ4v) is 3.06. The normalized spacial score (nSPS) is 14.3. The minimum Gasteiger partial charge on any atom is -0.368 e. The van der Waals surface area contributed by atoms with Gasteiger partial charge in [0.2, 0.25) is 5.91 Å². The molecular formula is C19H24FN5O2. The van der Waals surface area contributed by atoms with E-state index in [2.05, 4.69) is 20.4 Å². The lowest BCUT2D eigenvalue weighted by Gasteiger charge is -2.36. The van der Waals surface area contributed by atoms with Gasteiger partial charge in [-0.2, -0.15) is 5.10 Å². The Labute approximate surface area is 157 Å². The van der Waals surface area contributed by atoms with Gasteiger partial charge in [-0.1, -0.05) is 6.92 Å². The van der Waals surface area contributed by atoms with Gasteiger partial charge >= 0.3 is 0 Å². The van der Waals surface area contributed by atoms with Crippen molar-refractivity contribution in [3.05, 3.63) is 47.5 Å². The van der Waals surface area contributed by atoms with Crippen LogP contribution in [0, 0.1) is 5.82 Å². The van der Waals surface area contributed by atoms with Gasteiger partial charge in [-0.05, 0) is 36.8 Å². The van der Waals surface area contributed by atoms with Crippen molar-refractivity contribution in [3.8, 4) is 0 Å². The molecule has 1 fully saturated rings. The zero-order valence-corrected chi connectivity index (χ0v) is 15.4. The number of halogens is 1. The maximum atomic E-state index is 13.0. The molecule has 1 aromatic carbocycles. The number of H-pyrrole nitrogens is 1. The van der Waals surface area contributed by atoms with Gasteiger partial charge in [-0.25, -0.2) is 4.39 Å². The van der Waals surface area contributed by atoms with Crippen molar-refractivity contribution >= 4 is 17.5 Å². The number of aryl methyl sites for hydroxylation is 1. The van der Waals surface area contributed by atoms with Crippen molar-refractivity contribution < 1.29 is 14.0 Å². The van der Waals surface area contributed by atoms with E-state index in [1.54, 1.807) is 23.1 Å². The SMILES string of the molecule is CCc1cc(C(=O)NCCC(=O)N2CCN(c3ccc(F)cc3)CC2)n[nH]1. The van der Waals surface area contributed by atoms with Crippen LogP contribution in [0.3, 0.4) is 0 Å². The average molecular weight is 373 g/mol. The monoisotopic (exact) mass is 373 g/mol. The van der Waals surface area contributed by atoms with Gasteiger partial charge in [-0.3, -0.25) is 14.7 Å². The van der Waals surface area contributed by atoms with Crippen LogP contribution in [0.5, 0.6) is 0 Å². The van der Waals surface area contributed by atoms with Crippen molar-refractivity contribution in [3.63, 3.8) is 0 Å². The van der Waals surface area contributed by atoms with E-state index >= 15 is 0 Å². The van der Waals surface area contributed by atoms with E-state index < -0.39 is 0 Å². The molecule has 1 aliphatic rings. The average Bonchev–Trinajstić information content (AvgIpc) is 3.18. The van der Waals surface area contributed by atoms with Crippen LogP contribution >= 0.6 is 0 Å². The predicted molar refractivity (Wildman–Crippen MR) is 100 cm³/mol. The minimum atomic E-state index is -0.278. The quantitative estimate of drug-likeness (QED) is 0.806. The molecule has 0 unspecified atom stereocenters. The fourth-order valence-electron chi connectivity index (χ4n) is 3.06. The highest BCUT2D eigenvalue weighted by atomic mass is 19.1. The molecule has 0 atom stereocenters. The Morgan fingerprint density at radius 2 is 1.89 bits per heavy atom. The smallest absolute Gasteiger partial charge is 0.271 e. The number of nitrogens with one attached hydrogen (secondary N) is 2. The van der Waals surface area contributed by atoms with Crippen molar-refractivity contribution in [1.29, 1.82) is 0 Å². The molecule has 1 aliphatic heterocycles. The lowest BCUT2D eigenvalue weighted by Crippen LogP contribution is -2.49. The fraction of sp³-hybridized carbons (Fsp3) is 0.421. The molecule has 2 amide bonds. The maximum Gasteiger partial charge on any atom is 0.271 e. The third-order valence-electron chi connectivity index (χ3n) is 4.69. The van der Waals surface area contributed by atoms with E-state index in [-0.39, 0.29) is 30.6 Å². The molecule has 2 N–H and O–H groups in total. The highest BCUT2D eigenvalue weighted by molar-refractivity contribution is 5.92. The summed E-state index contributed by atoms with van der Waals surface area (Å²) in [6.07, 6.45) is 1.04. The lowest BCUT2D eigenvalue weighted by molar-refractivity contribution is -0.131. The summed E-state index contributed by atoms with van der Waals surface area (Å²) in [6.45, 7) is 4.90. The summed E-state index contributed by atoms with van der Waals surface area (Å²) >= 11 is 0. The Morgan fingerprint density at radius 1 is 1.19 bits per heavy atom. The van der Waals surface area contributed by atoms with Crippen LogP contribution in [-0.4, -0.2) is 59.6 Å². The number of anilines is 1. The van der Waals surface area contributed by atoms with Crippen LogP contribution in [0.15, 0.2) is 30.3 Å². The standard InChI is InChI=1S/C19H24FN5O2/c1-2-15-13-17(23-22-15)19(27)21-8-7-18(26)25-11-9-24(10-12-25)16-5-3-14(20)4-6-16/h3-6,13H,2,7-12H2,1H3,(H,21,27)(H,22,23). The third kappa shape index (κ3) is 4.84. The van der Waals surface area contributed by atoms with Crippen LogP contribution < -0.4 is 10.2 Å². The predicted octanol–water partition coefficient (Wildman–Crippen LogP) is 1.58. The van der Waals surface area contributed by atoms with Crippen molar-refractivity contribution in [2.45, 2.75) is 19.8 Å². The Morgan fingerprint density at radius 3 is 2.52 bits per heavy atom. The lowest BCUT2D eigenvalue weighted by atomic mass is 10.2. The molecule has 0 bridgehead atoms. The number of amides is 2. The summed E-state index contributed by atoms with van der Waals surface area (Å²) in [7, 11) is 0. The zero-order chi connectivity index (χ0) is 19.2. The topological polar surface area (TPSA) is 81.3 Å². The van der Waals surface area contributed by atoms with Gasteiger partial charge < -0.3 is 15.1 Å². The molecule has 144 valence electrons. The number of carbonyl (C=O) groups is 2. The van der Waals surface area contributed by atoms with Crippen molar-refractivity contribution in [1.82, 2.24) is 20.4 Å². The molecular weight excluding hydrogens is 349 g/mol. The molecule has 27 heavy (non-hydrogen) atoms. The summed E-state index contributed by atoms with van der Waals surface area (Å²) < 4.78 is 13.0. The van der Waals surface area contributed by atoms with E-state index in [0.29, 0.717) is 31.9 Å². The van der Waals surface area contributed by atoms with Crippen LogP contribution in [0.25, 0.3) is 0 Å². The van der Waals surface area contributed by atoms with Gasteiger partial charge in [0.05, 0.1) is 0 Å². The number of aromatic amines is 1. The van der Waals surface area contributed by atoms with Gasteiger partial charge in [0.25, 0.3) is 5.91 Å². The number of hydrogen-bond acceptors (Lipinski definition) is 4. The van der Waals surface area contributed by atoms with E-state index in [9.17, 15) is 14.0 Å². The molecule has 0 aliphatic carbocycles. The first-order valence-electron chi connectivity index (χ1n) is 9.17.